The van der Waals surface area contributed by atoms with Gasteiger partial charge in [-0.1, -0.05) is 37.8 Å². The highest BCUT2D eigenvalue weighted by Gasteiger charge is 2.26. The fourth-order valence-corrected chi connectivity index (χ4v) is 5.69. The minimum Gasteiger partial charge on any atom is -0.481 e. The van der Waals surface area contributed by atoms with Crippen LogP contribution in [0.15, 0.2) is 48.8 Å². The van der Waals surface area contributed by atoms with Crippen LogP contribution in [-0.2, 0) is 32.3 Å². The first-order valence-electron chi connectivity index (χ1n) is 18.4. The number of ketones is 1. The number of aliphatic carboxylic acids is 2. The molecule has 2 unspecified atom stereocenters. The molecular weight excluding hydrogens is 652 g/mol. The van der Waals surface area contributed by atoms with E-state index in [9.17, 15) is 29.1 Å². The van der Waals surface area contributed by atoms with Crippen molar-refractivity contribution < 1.29 is 34.2 Å². The van der Waals surface area contributed by atoms with Crippen LogP contribution in [0.25, 0.3) is 0 Å². The van der Waals surface area contributed by atoms with Gasteiger partial charge in [0.1, 0.15) is 11.8 Å². The van der Waals surface area contributed by atoms with Gasteiger partial charge in [0.15, 0.2) is 0 Å². The molecule has 0 bridgehead atoms. The number of Topliss-reactive ketones (excluding diaryl/α,β-unsaturated/α-hetero) is 1. The molecule has 5 N–H and O–H groups in total. The normalized spacial score (nSPS) is 12.2. The molecule has 13 nitrogen and oxygen atoms in total. The number of carboxylic acid groups (broad SMARTS) is 2. The minimum atomic E-state index is -0.889. The highest BCUT2D eigenvalue weighted by Crippen LogP contribution is 2.16. The van der Waals surface area contributed by atoms with Crippen molar-refractivity contribution in [2.45, 2.75) is 135 Å². The van der Waals surface area contributed by atoms with Gasteiger partial charge in [0, 0.05) is 70.3 Å². The maximum atomic E-state index is 12.3. The summed E-state index contributed by atoms with van der Waals surface area (Å²) in [6.07, 6.45) is 14.1. The third-order valence-electron chi connectivity index (χ3n) is 8.58. The monoisotopic (exact) mass is 710 g/mol. The second-order valence-electron chi connectivity index (χ2n) is 13.1. The first-order chi connectivity index (χ1) is 24.6. The van der Waals surface area contributed by atoms with Gasteiger partial charge in [-0.3, -0.25) is 34.0 Å². The Morgan fingerprint density at radius 2 is 1.22 bits per heavy atom. The zero-order chi connectivity index (χ0) is 37.1. The van der Waals surface area contributed by atoms with Crippen molar-refractivity contribution in [1.29, 1.82) is 0 Å². The number of nitrogens with zero attached hydrogens (tertiary/aromatic N) is 3. The molecule has 0 aliphatic heterocycles. The van der Waals surface area contributed by atoms with E-state index in [1.165, 1.54) is 0 Å². The molecule has 51 heavy (non-hydrogen) atoms. The van der Waals surface area contributed by atoms with Crippen LogP contribution in [0.3, 0.4) is 0 Å². The molecule has 0 radical (unpaired) electrons. The molecule has 3 amide bonds. The van der Waals surface area contributed by atoms with Crippen LogP contribution in [0.2, 0.25) is 0 Å². The average molecular weight is 711 g/mol. The molecule has 2 heterocycles. The predicted octanol–water partition coefficient (Wildman–Crippen LogP) is 5.63. The number of hydrogen-bond acceptors (Lipinski definition) is 8. The van der Waals surface area contributed by atoms with E-state index in [4.69, 9.17) is 5.11 Å². The van der Waals surface area contributed by atoms with E-state index in [1.54, 1.807) is 19.3 Å². The summed E-state index contributed by atoms with van der Waals surface area (Å²) in [5.74, 6) is -1.51. The van der Waals surface area contributed by atoms with Gasteiger partial charge < -0.3 is 26.2 Å². The fraction of sp³-hybridized carbons (Fsp3) is 0.605. The van der Waals surface area contributed by atoms with Crippen molar-refractivity contribution in [2.75, 3.05) is 13.1 Å². The zero-order valence-electron chi connectivity index (χ0n) is 30.2. The number of aromatic nitrogens is 2. The fourth-order valence-electron chi connectivity index (χ4n) is 5.69. The standard InChI is InChI=1S/C38H58N6O7/c1-30(22-23-36(47)48)43-38(51)42-27-12-5-4-7-19-33(45)18-6-2-3-8-21-35(46)41-26-15-11-20-34(37(49)50)44(28-31-16-9-13-24-39-31)29-32-17-10-14-25-40-32/h9-10,13-14,16-17,24-25,30,34H,2-8,11-12,15,18-23,26-29H2,1H3,(H,41,46)(H,47,48)(H,49,50)(H2,42,43,51). The lowest BCUT2D eigenvalue weighted by Crippen LogP contribution is -2.41. The van der Waals surface area contributed by atoms with Gasteiger partial charge >= 0.3 is 18.0 Å². The lowest BCUT2D eigenvalue weighted by molar-refractivity contribution is -0.144. The summed E-state index contributed by atoms with van der Waals surface area (Å²) < 4.78 is 0. The Morgan fingerprint density at radius 3 is 1.76 bits per heavy atom. The van der Waals surface area contributed by atoms with Gasteiger partial charge in [-0.2, -0.15) is 0 Å². The molecule has 0 aliphatic rings. The highest BCUT2D eigenvalue weighted by atomic mass is 16.4. The molecular formula is C38H58N6O7. The maximum Gasteiger partial charge on any atom is 0.320 e. The van der Waals surface area contributed by atoms with Crippen molar-refractivity contribution in [3.8, 4) is 0 Å². The summed E-state index contributed by atoms with van der Waals surface area (Å²) in [4.78, 5) is 69.9. The zero-order valence-corrected chi connectivity index (χ0v) is 30.2. The summed E-state index contributed by atoms with van der Waals surface area (Å²) in [6.45, 7) is 3.60. The summed E-state index contributed by atoms with van der Waals surface area (Å²) in [7, 11) is 0. The first-order valence-corrected chi connectivity index (χ1v) is 18.4. The number of amides is 3. The molecule has 0 saturated carbocycles. The number of carboxylic acids is 2. The topological polar surface area (TPSA) is 191 Å². The number of hydrogen-bond donors (Lipinski definition) is 5. The van der Waals surface area contributed by atoms with Gasteiger partial charge in [-0.15, -0.1) is 0 Å². The van der Waals surface area contributed by atoms with E-state index >= 15 is 0 Å². The van der Waals surface area contributed by atoms with Crippen molar-refractivity contribution in [3.05, 3.63) is 60.2 Å². The van der Waals surface area contributed by atoms with Crippen molar-refractivity contribution in [1.82, 2.24) is 30.8 Å². The third kappa shape index (κ3) is 21.4. The smallest absolute Gasteiger partial charge is 0.320 e. The van der Waals surface area contributed by atoms with Crippen LogP contribution < -0.4 is 16.0 Å². The number of urea groups is 1. The van der Waals surface area contributed by atoms with E-state index in [0.717, 1.165) is 62.8 Å². The van der Waals surface area contributed by atoms with Crippen molar-refractivity contribution in [3.63, 3.8) is 0 Å². The molecule has 282 valence electrons. The largest absolute Gasteiger partial charge is 0.481 e. The van der Waals surface area contributed by atoms with Gasteiger partial charge in [0.2, 0.25) is 5.91 Å². The Morgan fingerprint density at radius 1 is 0.667 bits per heavy atom. The summed E-state index contributed by atoms with van der Waals surface area (Å²) in [5.41, 5.74) is 1.58. The van der Waals surface area contributed by atoms with Crippen LogP contribution in [0.4, 0.5) is 4.79 Å². The number of nitrogens with one attached hydrogen (secondary N) is 3. The SMILES string of the molecule is CC(CCC(=O)O)NC(=O)NCCCCCCC(=O)CCCCCCC(=O)NCCCCC(C(=O)O)N(Cc1ccccn1)Cc1ccccn1. The first kappa shape index (κ1) is 42.8. The average Bonchev–Trinajstić information content (AvgIpc) is 3.10. The lowest BCUT2D eigenvalue weighted by atomic mass is 10.0. The number of rotatable bonds is 29. The van der Waals surface area contributed by atoms with Gasteiger partial charge in [0.05, 0.1) is 11.4 Å². The lowest BCUT2D eigenvalue weighted by Gasteiger charge is -2.28. The van der Waals surface area contributed by atoms with Gasteiger partial charge in [0.25, 0.3) is 0 Å². The van der Waals surface area contributed by atoms with Crippen LogP contribution in [0, 0.1) is 0 Å². The third-order valence-corrected chi connectivity index (χ3v) is 8.58. The molecule has 0 fully saturated rings. The van der Waals surface area contributed by atoms with Gasteiger partial charge in [-0.25, -0.2) is 4.79 Å². The van der Waals surface area contributed by atoms with Crippen LogP contribution in [0.1, 0.15) is 121 Å². The Labute approximate surface area is 302 Å². The highest BCUT2D eigenvalue weighted by molar-refractivity contribution is 5.78. The van der Waals surface area contributed by atoms with Crippen LogP contribution >= 0.6 is 0 Å². The molecule has 0 aliphatic carbocycles. The quantitative estimate of drug-likeness (QED) is 0.0662. The number of unbranched alkanes of at least 4 members (excludes halogenated alkanes) is 7. The molecule has 0 aromatic carbocycles. The van der Waals surface area contributed by atoms with E-state index in [2.05, 4.69) is 25.9 Å². The Balaban J connectivity index is 1.49. The summed E-state index contributed by atoms with van der Waals surface area (Å²) in [5, 5.41) is 27.2. The number of carbonyl (C=O) groups excluding carboxylic acids is 3. The number of carbonyl (C=O) groups is 5. The second-order valence-corrected chi connectivity index (χ2v) is 13.1. The minimum absolute atomic E-state index is 0.00563. The van der Waals surface area contributed by atoms with Crippen molar-refractivity contribution in [2.24, 2.45) is 0 Å². The van der Waals surface area contributed by atoms with Crippen LogP contribution in [0.5, 0.6) is 0 Å². The Kier molecular flexibility index (Phi) is 22.2. The summed E-state index contributed by atoms with van der Waals surface area (Å²) >= 11 is 0. The van der Waals surface area contributed by atoms with E-state index in [1.807, 2.05) is 41.3 Å². The number of pyridine rings is 2. The second kappa shape index (κ2) is 26.4. The van der Waals surface area contributed by atoms with E-state index < -0.39 is 18.0 Å². The molecule has 2 rings (SSSR count). The molecule has 2 aromatic rings. The Hall–Kier alpha value is -4.39. The maximum absolute atomic E-state index is 12.3. The van der Waals surface area contributed by atoms with Crippen LogP contribution in [-0.4, -0.2) is 79.9 Å². The van der Waals surface area contributed by atoms with E-state index in [-0.39, 0.29) is 30.2 Å². The van der Waals surface area contributed by atoms with Gasteiger partial charge in [-0.05, 0) is 82.6 Å². The molecule has 2 atom stereocenters. The van der Waals surface area contributed by atoms with Crippen molar-refractivity contribution >= 4 is 29.7 Å². The molecule has 2 aromatic heterocycles. The summed E-state index contributed by atoms with van der Waals surface area (Å²) in [6, 6.07) is 10.0. The molecule has 0 saturated heterocycles. The predicted molar refractivity (Wildman–Crippen MR) is 195 cm³/mol. The molecule has 0 spiro atoms. The Bertz CT molecular complexity index is 1260. The molecule has 13 heteroatoms. The van der Waals surface area contributed by atoms with E-state index in [0.29, 0.717) is 71.1 Å².